The van der Waals surface area contributed by atoms with E-state index < -0.39 is 0 Å². The van der Waals surface area contributed by atoms with Crippen LogP contribution in [-0.4, -0.2) is 24.9 Å². The maximum Gasteiger partial charge on any atom is 0.0190 e. The molecule has 2 fully saturated rings. The van der Waals surface area contributed by atoms with E-state index in [0.29, 0.717) is 11.3 Å². The van der Waals surface area contributed by atoms with E-state index >= 15 is 0 Å². The van der Waals surface area contributed by atoms with Crippen LogP contribution in [0.2, 0.25) is 0 Å². The van der Waals surface area contributed by atoms with Crippen LogP contribution in [0.25, 0.3) is 101 Å². The van der Waals surface area contributed by atoms with E-state index in [9.17, 15) is 0 Å². The van der Waals surface area contributed by atoms with Gasteiger partial charge in [-0.25, -0.2) is 0 Å². The van der Waals surface area contributed by atoms with E-state index in [-0.39, 0.29) is 80.4 Å². The van der Waals surface area contributed by atoms with Crippen molar-refractivity contribution in [2.45, 2.75) is 70.6 Å². The first-order valence-electron chi connectivity index (χ1n) is 32.7. The van der Waals surface area contributed by atoms with Gasteiger partial charge in [0.05, 0.1) is 0 Å². The van der Waals surface area contributed by atoms with Crippen molar-refractivity contribution in [1.29, 1.82) is 0 Å². The molecule has 99 heavy (non-hydrogen) atoms. The van der Waals surface area contributed by atoms with Crippen molar-refractivity contribution in [3.05, 3.63) is 369 Å². The van der Waals surface area contributed by atoms with Gasteiger partial charge in [0.25, 0.3) is 0 Å². The van der Waals surface area contributed by atoms with Gasteiger partial charge in [0.15, 0.2) is 0 Å². The average Bonchev–Trinajstić information content (AvgIpc) is 1.64. The number of benzene rings is 9. The standard InChI is InChI=1S/C21H18N.C20H16N.C20H18N.C18H14N.C11H8N.4Ir/c1-21(11-12-21)19-10-13-22-20(15-19)18-9-5-8-17(14-18)16-6-3-2-4-7-16;1-2-5-15(6-3-1)17-7-4-8-19(13-17)20-14-18(11-12-21-20)16-9-10-16;1-15(2)16-9-11-17(12-10-16)18-6-5-7-19(14-18)20-8-3-4-13-21-20;1-14-10-11-18(19-13-14)17-9-5-8-16(12-17)15-6-3-2-4-7-15;1-2-6-10(7-3-1)11-8-4-5-9-12-11;;;;/h2-8,10,13-15H,11-12H2,1H3;1-7,11-14,16H,9-10H2;3-6,8-15H,1-2H3;2-8,10-13H,1H3;1-6,8-9H;;;;/q5*-1;;;;. The van der Waals surface area contributed by atoms with Gasteiger partial charge in [-0.2, -0.15) is 0 Å². The monoisotopic (exact) mass is 2000 g/mol. The Balaban J connectivity index is 0.000000158. The summed E-state index contributed by atoms with van der Waals surface area (Å²) < 4.78 is 0. The van der Waals surface area contributed by atoms with Crippen LogP contribution >= 0.6 is 0 Å². The van der Waals surface area contributed by atoms with Crippen LogP contribution in [-0.2, 0) is 85.8 Å². The molecule has 5 heterocycles. The van der Waals surface area contributed by atoms with Gasteiger partial charge < -0.3 is 24.9 Å². The summed E-state index contributed by atoms with van der Waals surface area (Å²) >= 11 is 0. The summed E-state index contributed by atoms with van der Waals surface area (Å²) in [6.07, 6.45) is 14.5. The molecule has 14 aromatic rings. The summed E-state index contributed by atoms with van der Waals surface area (Å²) in [6.45, 7) is 8.80. The summed E-state index contributed by atoms with van der Waals surface area (Å²) in [5, 5.41) is 0. The second-order valence-electron chi connectivity index (χ2n) is 24.5. The molecule has 0 bridgehead atoms. The Kier molecular flexibility index (Phi) is 29.2. The zero-order valence-corrected chi connectivity index (χ0v) is 65.2. The number of pyridine rings is 5. The van der Waals surface area contributed by atoms with Crippen molar-refractivity contribution in [3.63, 3.8) is 0 Å². The van der Waals surface area contributed by atoms with Gasteiger partial charge in [0, 0.05) is 111 Å². The van der Waals surface area contributed by atoms with E-state index in [1.807, 2.05) is 141 Å². The minimum Gasteiger partial charge on any atom is -0.305 e. The maximum atomic E-state index is 4.55. The molecule has 16 rings (SSSR count). The fourth-order valence-electron chi connectivity index (χ4n) is 11.0. The van der Waals surface area contributed by atoms with Crippen molar-refractivity contribution in [3.8, 4) is 101 Å². The zero-order chi connectivity index (χ0) is 65.0. The Morgan fingerprint density at radius 1 is 0.333 bits per heavy atom. The normalized spacial score (nSPS) is 11.9. The van der Waals surface area contributed by atoms with E-state index in [1.165, 1.54) is 92.4 Å². The number of nitrogens with zero attached hydrogens (tertiary/aromatic N) is 5. The van der Waals surface area contributed by atoms with Crippen molar-refractivity contribution < 1.29 is 80.4 Å². The van der Waals surface area contributed by atoms with Crippen molar-refractivity contribution >= 4 is 0 Å². The minimum absolute atomic E-state index is 0. The maximum absolute atomic E-state index is 4.55. The minimum atomic E-state index is 0. The van der Waals surface area contributed by atoms with E-state index in [1.54, 1.807) is 6.20 Å². The molecule has 4 radical (unpaired) electrons. The first-order chi connectivity index (χ1) is 46.7. The average molecular weight is 1990 g/mol. The molecule has 5 nitrogen and oxygen atoms in total. The summed E-state index contributed by atoms with van der Waals surface area (Å²) in [6, 6.07) is 114. The molecule has 0 saturated heterocycles. The largest absolute Gasteiger partial charge is 0.305 e. The van der Waals surface area contributed by atoms with Gasteiger partial charge in [-0.3, -0.25) is 0 Å². The van der Waals surface area contributed by atoms with Crippen molar-refractivity contribution in [2.75, 3.05) is 0 Å². The zero-order valence-electron chi connectivity index (χ0n) is 55.6. The summed E-state index contributed by atoms with van der Waals surface area (Å²) in [5.74, 6) is 1.32. The van der Waals surface area contributed by atoms with Crippen LogP contribution in [0.3, 0.4) is 0 Å². The van der Waals surface area contributed by atoms with E-state index in [2.05, 4.69) is 252 Å². The number of hydrogen-bond donors (Lipinski definition) is 0. The number of aromatic nitrogens is 5. The van der Waals surface area contributed by atoms with Crippen LogP contribution in [0.4, 0.5) is 0 Å². The van der Waals surface area contributed by atoms with E-state index in [4.69, 9.17) is 0 Å². The van der Waals surface area contributed by atoms with Crippen molar-refractivity contribution in [1.82, 2.24) is 24.9 Å². The topological polar surface area (TPSA) is 64.5 Å². The fourth-order valence-corrected chi connectivity index (χ4v) is 11.0. The molecular formula is C90H74Ir4N5-5. The number of rotatable bonds is 12. The molecule has 0 aliphatic heterocycles. The molecule has 9 aromatic carbocycles. The van der Waals surface area contributed by atoms with Crippen LogP contribution < -0.4 is 0 Å². The van der Waals surface area contributed by atoms with Crippen LogP contribution in [0.1, 0.15) is 80.5 Å². The van der Waals surface area contributed by atoms with Gasteiger partial charge in [0.1, 0.15) is 0 Å². The summed E-state index contributed by atoms with van der Waals surface area (Å²) in [4.78, 5) is 22.1. The first-order valence-corrected chi connectivity index (χ1v) is 32.7. The van der Waals surface area contributed by atoms with Crippen LogP contribution in [0, 0.1) is 37.3 Å². The second kappa shape index (κ2) is 38.1. The van der Waals surface area contributed by atoms with Gasteiger partial charge >= 0.3 is 0 Å². The van der Waals surface area contributed by atoms with E-state index in [0.717, 1.165) is 62.2 Å². The molecule has 0 unspecified atom stereocenters. The molecule has 2 aliphatic carbocycles. The molecule has 2 aliphatic rings. The third-order valence-electron chi connectivity index (χ3n) is 17.1. The predicted molar refractivity (Wildman–Crippen MR) is 392 cm³/mol. The smallest absolute Gasteiger partial charge is 0.0190 e. The molecule has 9 heteroatoms. The predicted octanol–water partition coefficient (Wildman–Crippen LogP) is 22.8. The number of aryl methyl sites for hydroxylation is 1. The summed E-state index contributed by atoms with van der Waals surface area (Å²) in [7, 11) is 0. The Labute approximate surface area is 639 Å². The van der Waals surface area contributed by atoms with Crippen LogP contribution in [0.15, 0.2) is 316 Å². The molecular weight excluding hydrogens is 1920 g/mol. The van der Waals surface area contributed by atoms with Gasteiger partial charge in [-0.05, 0) is 142 Å². The Morgan fingerprint density at radius 2 is 0.737 bits per heavy atom. The Bertz CT molecular complexity index is 4650. The van der Waals surface area contributed by atoms with Crippen molar-refractivity contribution in [2.24, 2.45) is 0 Å². The molecule has 0 atom stereocenters. The molecule has 500 valence electrons. The van der Waals surface area contributed by atoms with Gasteiger partial charge in [0.2, 0.25) is 0 Å². The van der Waals surface area contributed by atoms with Crippen LogP contribution in [0.5, 0.6) is 0 Å². The SMILES string of the molecule is CC(C)c1ccc(-c2cc[c-]c(-c3ccccn3)c2)cc1.CC1(c2ccnc(-c3[c-]ccc(-c4ccccc4)c3)c2)CC1.Cc1ccc(-c2[c-]ccc(-c3ccccc3)c2)nc1.[Ir].[Ir].[Ir].[Ir].[c-]1ccc(-c2ccccc2)cc1-c1cc(C2CC2)ccn1.[c-]1ccccc1-c1ccccn1. The Morgan fingerprint density at radius 3 is 1.15 bits per heavy atom. The molecule has 0 amide bonds. The number of hydrogen-bond acceptors (Lipinski definition) is 5. The first kappa shape index (κ1) is 76.1. The molecule has 0 N–H and O–H groups in total. The molecule has 0 spiro atoms. The van der Waals surface area contributed by atoms with Gasteiger partial charge in [-0.1, -0.05) is 190 Å². The van der Waals surface area contributed by atoms with Gasteiger partial charge in [-0.15, -0.1) is 177 Å². The third-order valence-corrected chi connectivity index (χ3v) is 17.1. The molecule has 2 saturated carbocycles. The second-order valence-corrected chi connectivity index (χ2v) is 24.5. The Hall–Kier alpha value is -8.67. The fraction of sp³-hybridized carbons (Fsp3) is 0.122. The summed E-state index contributed by atoms with van der Waals surface area (Å²) in [5.41, 5.74) is 25.6. The molecule has 5 aromatic heterocycles. The quantitative estimate of drug-likeness (QED) is 0.114. The third kappa shape index (κ3) is 21.7.